The van der Waals surface area contributed by atoms with Crippen molar-refractivity contribution in [1.82, 2.24) is 5.32 Å². The number of benzene rings is 1. The molecular formula is C10H13NOS. The van der Waals surface area contributed by atoms with Gasteiger partial charge in [-0.3, -0.25) is 0 Å². The monoisotopic (exact) mass is 195 g/mol. The zero-order chi connectivity index (χ0) is 9.10. The number of phenols is 1. The summed E-state index contributed by atoms with van der Waals surface area (Å²) in [6.07, 6.45) is 1.24. The lowest BCUT2D eigenvalue weighted by molar-refractivity contribution is 0.475. The van der Waals surface area contributed by atoms with Crippen molar-refractivity contribution in [1.29, 1.82) is 0 Å². The molecule has 2 nitrogen and oxygen atoms in total. The number of aromatic hydroxyl groups is 1. The molecule has 3 heteroatoms. The molecule has 1 atom stereocenters. The highest BCUT2D eigenvalue weighted by molar-refractivity contribution is 8.00. The van der Waals surface area contributed by atoms with E-state index in [4.69, 9.17) is 5.11 Å². The minimum Gasteiger partial charge on any atom is -0.508 e. The number of thioether (sulfide) groups is 1. The molecule has 0 aromatic heterocycles. The summed E-state index contributed by atoms with van der Waals surface area (Å²) in [7, 11) is 0. The maximum atomic E-state index is 9.10. The van der Waals surface area contributed by atoms with Crippen molar-refractivity contribution in [2.24, 2.45) is 0 Å². The van der Waals surface area contributed by atoms with E-state index >= 15 is 0 Å². The highest BCUT2D eigenvalue weighted by Crippen LogP contribution is 2.27. The van der Waals surface area contributed by atoms with Crippen LogP contribution in [0.15, 0.2) is 29.2 Å². The molecule has 1 aliphatic heterocycles. The van der Waals surface area contributed by atoms with Crippen molar-refractivity contribution in [3.05, 3.63) is 24.3 Å². The van der Waals surface area contributed by atoms with E-state index in [1.165, 1.54) is 11.3 Å². The van der Waals surface area contributed by atoms with E-state index in [-0.39, 0.29) is 0 Å². The van der Waals surface area contributed by atoms with Gasteiger partial charge in [-0.15, -0.1) is 11.8 Å². The Kier molecular flexibility index (Phi) is 2.76. The molecule has 0 amide bonds. The zero-order valence-electron chi connectivity index (χ0n) is 7.36. The first kappa shape index (κ1) is 8.91. The van der Waals surface area contributed by atoms with Gasteiger partial charge in [0.25, 0.3) is 0 Å². The smallest absolute Gasteiger partial charge is 0.115 e. The SMILES string of the molecule is Oc1ccc(S[C@H]2CCNC2)cc1. The zero-order valence-corrected chi connectivity index (χ0v) is 8.18. The van der Waals surface area contributed by atoms with E-state index in [0.29, 0.717) is 11.0 Å². The third-order valence-corrected chi connectivity index (χ3v) is 3.43. The fourth-order valence-corrected chi connectivity index (χ4v) is 2.56. The van der Waals surface area contributed by atoms with Crippen molar-refractivity contribution in [3.63, 3.8) is 0 Å². The van der Waals surface area contributed by atoms with Crippen LogP contribution in [0.3, 0.4) is 0 Å². The van der Waals surface area contributed by atoms with Gasteiger partial charge in [-0.2, -0.15) is 0 Å². The molecule has 1 aromatic carbocycles. The van der Waals surface area contributed by atoms with Crippen LogP contribution in [0.4, 0.5) is 0 Å². The lowest BCUT2D eigenvalue weighted by Crippen LogP contribution is -2.09. The minimum absolute atomic E-state index is 0.342. The molecule has 0 saturated carbocycles. The van der Waals surface area contributed by atoms with Crippen LogP contribution in [0.25, 0.3) is 0 Å². The summed E-state index contributed by atoms with van der Waals surface area (Å²) in [5.41, 5.74) is 0. The Morgan fingerprint density at radius 2 is 2.08 bits per heavy atom. The number of hydrogen-bond acceptors (Lipinski definition) is 3. The lowest BCUT2D eigenvalue weighted by atomic mass is 10.3. The van der Waals surface area contributed by atoms with Gasteiger partial charge < -0.3 is 10.4 Å². The van der Waals surface area contributed by atoms with Gasteiger partial charge in [0.05, 0.1) is 0 Å². The van der Waals surface area contributed by atoms with Gasteiger partial charge in [0.1, 0.15) is 5.75 Å². The Morgan fingerprint density at radius 1 is 1.31 bits per heavy atom. The van der Waals surface area contributed by atoms with Crippen molar-refractivity contribution in [2.45, 2.75) is 16.6 Å². The predicted octanol–water partition coefficient (Wildman–Crippen LogP) is 1.85. The number of hydrogen-bond donors (Lipinski definition) is 2. The highest BCUT2D eigenvalue weighted by atomic mass is 32.2. The Bertz CT molecular complexity index is 267. The van der Waals surface area contributed by atoms with E-state index in [0.717, 1.165) is 13.1 Å². The molecule has 1 fully saturated rings. The molecule has 2 N–H and O–H groups in total. The average molecular weight is 195 g/mol. The standard InChI is InChI=1S/C10H13NOS/c12-8-1-3-9(4-2-8)13-10-5-6-11-7-10/h1-4,10-12H,5-7H2/t10-/m0/s1. The highest BCUT2D eigenvalue weighted by Gasteiger charge is 2.14. The second kappa shape index (κ2) is 4.03. The van der Waals surface area contributed by atoms with Crippen molar-refractivity contribution in [2.75, 3.05) is 13.1 Å². The van der Waals surface area contributed by atoms with E-state index < -0.39 is 0 Å². The van der Waals surface area contributed by atoms with Gasteiger partial charge in [-0.1, -0.05) is 0 Å². The molecule has 1 saturated heterocycles. The van der Waals surface area contributed by atoms with E-state index in [9.17, 15) is 0 Å². The Labute approximate surface area is 82.4 Å². The fourth-order valence-electron chi connectivity index (χ4n) is 1.45. The Morgan fingerprint density at radius 3 is 2.69 bits per heavy atom. The summed E-state index contributed by atoms with van der Waals surface area (Å²) in [5, 5.41) is 13.1. The quantitative estimate of drug-likeness (QED) is 0.755. The van der Waals surface area contributed by atoms with Gasteiger partial charge in [-0.25, -0.2) is 0 Å². The first-order valence-corrected chi connectivity index (χ1v) is 5.39. The van der Waals surface area contributed by atoms with E-state index in [1.807, 2.05) is 23.9 Å². The van der Waals surface area contributed by atoms with Gasteiger partial charge >= 0.3 is 0 Å². The van der Waals surface area contributed by atoms with Crippen molar-refractivity contribution in [3.8, 4) is 5.75 Å². The second-order valence-electron chi connectivity index (χ2n) is 3.23. The van der Waals surface area contributed by atoms with Crippen LogP contribution < -0.4 is 5.32 Å². The summed E-state index contributed by atoms with van der Waals surface area (Å²) in [4.78, 5) is 1.24. The van der Waals surface area contributed by atoms with Crippen LogP contribution in [0, 0.1) is 0 Å². The Hall–Kier alpha value is -0.670. The van der Waals surface area contributed by atoms with Crippen molar-refractivity contribution >= 4 is 11.8 Å². The average Bonchev–Trinajstić information content (AvgIpc) is 2.62. The fraction of sp³-hybridized carbons (Fsp3) is 0.400. The van der Waals surface area contributed by atoms with E-state index in [2.05, 4.69) is 5.32 Å². The van der Waals surface area contributed by atoms with Gasteiger partial charge in [0.15, 0.2) is 0 Å². The summed E-state index contributed by atoms with van der Waals surface area (Å²) >= 11 is 1.89. The summed E-state index contributed by atoms with van der Waals surface area (Å²) < 4.78 is 0. The minimum atomic E-state index is 0.342. The molecule has 13 heavy (non-hydrogen) atoms. The van der Waals surface area contributed by atoms with Crippen LogP contribution in [-0.2, 0) is 0 Å². The molecule has 1 aromatic rings. The predicted molar refractivity (Wildman–Crippen MR) is 55.2 cm³/mol. The topological polar surface area (TPSA) is 32.3 Å². The normalized spacial score (nSPS) is 22.0. The van der Waals surface area contributed by atoms with Gasteiger partial charge in [-0.05, 0) is 37.2 Å². The molecule has 2 rings (SSSR count). The summed E-state index contributed by atoms with van der Waals surface area (Å²) in [6, 6.07) is 7.42. The van der Waals surface area contributed by atoms with Crippen molar-refractivity contribution < 1.29 is 5.11 Å². The first-order chi connectivity index (χ1) is 6.34. The molecule has 1 aliphatic rings. The maximum Gasteiger partial charge on any atom is 0.115 e. The molecule has 0 radical (unpaired) electrons. The van der Waals surface area contributed by atoms with Crippen LogP contribution in [0.2, 0.25) is 0 Å². The Balaban J connectivity index is 1.97. The molecule has 0 aliphatic carbocycles. The molecule has 70 valence electrons. The number of phenolic OH excluding ortho intramolecular Hbond substituents is 1. The second-order valence-corrected chi connectivity index (χ2v) is 4.60. The van der Waals surface area contributed by atoms with E-state index in [1.54, 1.807) is 12.1 Å². The van der Waals surface area contributed by atoms with Gasteiger partial charge in [0, 0.05) is 16.7 Å². The number of rotatable bonds is 2. The molecule has 0 bridgehead atoms. The molecule has 0 unspecified atom stereocenters. The molecule has 0 spiro atoms. The summed E-state index contributed by atoms with van der Waals surface area (Å²) in [6.45, 7) is 2.24. The third kappa shape index (κ3) is 2.39. The molecule has 1 heterocycles. The molecular weight excluding hydrogens is 182 g/mol. The van der Waals surface area contributed by atoms with Crippen LogP contribution >= 0.6 is 11.8 Å². The first-order valence-electron chi connectivity index (χ1n) is 4.51. The van der Waals surface area contributed by atoms with Crippen LogP contribution in [0.5, 0.6) is 5.75 Å². The third-order valence-electron chi connectivity index (χ3n) is 2.15. The van der Waals surface area contributed by atoms with Crippen LogP contribution in [-0.4, -0.2) is 23.4 Å². The largest absolute Gasteiger partial charge is 0.508 e. The van der Waals surface area contributed by atoms with Crippen LogP contribution in [0.1, 0.15) is 6.42 Å². The lowest BCUT2D eigenvalue weighted by Gasteiger charge is -2.07. The number of nitrogens with one attached hydrogen (secondary N) is 1. The van der Waals surface area contributed by atoms with Gasteiger partial charge in [0.2, 0.25) is 0 Å². The maximum absolute atomic E-state index is 9.10. The summed E-state index contributed by atoms with van der Waals surface area (Å²) in [5.74, 6) is 0.342.